The van der Waals surface area contributed by atoms with Crippen molar-refractivity contribution in [3.63, 3.8) is 0 Å². The molecule has 4 atom stereocenters. The number of carbonyl (C=O) groups excluding carboxylic acids is 2. The average Bonchev–Trinajstić information content (AvgIpc) is 2.97. The van der Waals surface area contributed by atoms with Gasteiger partial charge in [-0.3, -0.25) is 19.3 Å². The Labute approximate surface area is 104 Å². The minimum Gasteiger partial charge on any atom is -0.481 e. The van der Waals surface area contributed by atoms with E-state index in [0.717, 1.165) is 12.8 Å². The van der Waals surface area contributed by atoms with Crippen LogP contribution in [-0.2, 0) is 19.1 Å². The van der Waals surface area contributed by atoms with E-state index in [1.165, 1.54) is 4.90 Å². The SMILES string of the molecule is O=C(O)CCCN1C(=O)[C@@H]2[C@@H](C1=O)[C@H]1CC[C@H]2O1. The van der Waals surface area contributed by atoms with Crippen molar-refractivity contribution in [2.45, 2.75) is 37.9 Å². The molecule has 18 heavy (non-hydrogen) atoms. The number of carbonyl (C=O) groups is 3. The third-order valence-electron chi connectivity index (χ3n) is 4.15. The van der Waals surface area contributed by atoms with E-state index in [1.807, 2.05) is 0 Å². The maximum absolute atomic E-state index is 12.1. The summed E-state index contributed by atoms with van der Waals surface area (Å²) in [5.41, 5.74) is 0. The molecular formula is C12H15NO5. The maximum Gasteiger partial charge on any atom is 0.303 e. The van der Waals surface area contributed by atoms with Gasteiger partial charge in [-0.25, -0.2) is 0 Å². The summed E-state index contributed by atoms with van der Waals surface area (Å²) in [5.74, 6) is -1.84. The lowest BCUT2D eigenvalue weighted by molar-refractivity contribution is -0.144. The van der Waals surface area contributed by atoms with Gasteiger partial charge < -0.3 is 9.84 Å². The van der Waals surface area contributed by atoms with Gasteiger partial charge in [0.2, 0.25) is 11.8 Å². The van der Waals surface area contributed by atoms with Crippen molar-refractivity contribution in [2.24, 2.45) is 11.8 Å². The van der Waals surface area contributed by atoms with Gasteiger partial charge in [0.1, 0.15) is 0 Å². The Kier molecular flexibility index (Phi) is 2.62. The molecule has 0 radical (unpaired) electrons. The van der Waals surface area contributed by atoms with Crippen LogP contribution in [0.15, 0.2) is 0 Å². The van der Waals surface area contributed by atoms with E-state index in [2.05, 4.69) is 0 Å². The molecule has 3 fully saturated rings. The Morgan fingerprint density at radius 2 is 1.78 bits per heavy atom. The smallest absolute Gasteiger partial charge is 0.303 e. The first-order chi connectivity index (χ1) is 8.59. The number of hydrogen-bond acceptors (Lipinski definition) is 4. The second-order valence-corrected chi connectivity index (χ2v) is 5.17. The Hall–Kier alpha value is -1.43. The van der Waals surface area contributed by atoms with Gasteiger partial charge in [-0.15, -0.1) is 0 Å². The molecule has 0 saturated carbocycles. The fraction of sp³-hybridized carbons (Fsp3) is 0.750. The van der Waals surface area contributed by atoms with Gasteiger partial charge in [-0.2, -0.15) is 0 Å². The van der Waals surface area contributed by atoms with Crippen molar-refractivity contribution in [3.8, 4) is 0 Å². The number of aliphatic carboxylic acids is 1. The van der Waals surface area contributed by atoms with E-state index in [0.29, 0.717) is 6.42 Å². The van der Waals surface area contributed by atoms with Crippen LogP contribution in [0.2, 0.25) is 0 Å². The van der Waals surface area contributed by atoms with E-state index in [4.69, 9.17) is 9.84 Å². The molecule has 3 aliphatic rings. The van der Waals surface area contributed by atoms with Crippen LogP contribution in [0.25, 0.3) is 0 Å². The number of amides is 2. The van der Waals surface area contributed by atoms with Gasteiger partial charge in [0.15, 0.2) is 0 Å². The standard InChI is InChI=1S/C12H15NO5/c14-8(15)2-1-5-13-11(16)9-6-3-4-7(18-6)10(9)12(13)17/h6-7,9-10H,1-5H2,(H,14,15)/t6-,7-,9+,10+/m1/s1. The summed E-state index contributed by atoms with van der Waals surface area (Å²) in [4.78, 5) is 36.0. The van der Waals surface area contributed by atoms with Gasteiger partial charge in [0.05, 0.1) is 24.0 Å². The van der Waals surface area contributed by atoms with Gasteiger partial charge in [0, 0.05) is 13.0 Å². The minimum absolute atomic E-state index is 0.0181. The second kappa shape index (κ2) is 4.05. The highest BCUT2D eigenvalue weighted by Crippen LogP contribution is 2.48. The lowest BCUT2D eigenvalue weighted by Crippen LogP contribution is -2.35. The van der Waals surface area contributed by atoms with E-state index in [9.17, 15) is 14.4 Å². The zero-order valence-corrected chi connectivity index (χ0v) is 9.87. The summed E-state index contributed by atoms with van der Waals surface area (Å²) in [6.45, 7) is 0.219. The normalized spacial score (nSPS) is 37.4. The third-order valence-corrected chi connectivity index (χ3v) is 4.15. The molecule has 2 bridgehead atoms. The van der Waals surface area contributed by atoms with Crippen LogP contribution in [-0.4, -0.2) is 46.5 Å². The average molecular weight is 253 g/mol. The molecule has 3 aliphatic heterocycles. The van der Waals surface area contributed by atoms with Crippen molar-refractivity contribution in [1.82, 2.24) is 4.90 Å². The number of nitrogens with zero attached hydrogens (tertiary/aromatic N) is 1. The zero-order valence-electron chi connectivity index (χ0n) is 9.87. The van der Waals surface area contributed by atoms with Crippen molar-refractivity contribution in [1.29, 1.82) is 0 Å². The lowest BCUT2D eigenvalue weighted by atomic mass is 9.81. The summed E-state index contributed by atoms with van der Waals surface area (Å²) >= 11 is 0. The van der Waals surface area contributed by atoms with Crippen molar-refractivity contribution in [2.75, 3.05) is 6.54 Å². The molecule has 0 aromatic rings. The number of rotatable bonds is 4. The van der Waals surface area contributed by atoms with Gasteiger partial charge >= 0.3 is 5.97 Å². The lowest BCUT2D eigenvalue weighted by Gasteiger charge is -2.16. The molecule has 0 aliphatic carbocycles. The third kappa shape index (κ3) is 1.55. The van der Waals surface area contributed by atoms with Crippen molar-refractivity contribution < 1.29 is 24.2 Å². The molecule has 98 valence electrons. The number of carboxylic acid groups (broad SMARTS) is 1. The first-order valence-electron chi connectivity index (χ1n) is 6.32. The predicted molar refractivity (Wildman–Crippen MR) is 58.5 cm³/mol. The minimum atomic E-state index is -0.905. The van der Waals surface area contributed by atoms with Crippen LogP contribution in [0, 0.1) is 11.8 Å². The Balaban J connectivity index is 1.69. The summed E-state index contributed by atoms with van der Waals surface area (Å²) in [6, 6.07) is 0. The highest BCUT2D eigenvalue weighted by molar-refractivity contribution is 6.06. The molecule has 1 N–H and O–H groups in total. The van der Waals surface area contributed by atoms with Crippen LogP contribution in [0.4, 0.5) is 0 Å². The van der Waals surface area contributed by atoms with Crippen LogP contribution in [0.1, 0.15) is 25.7 Å². The summed E-state index contributed by atoms with van der Waals surface area (Å²) in [7, 11) is 0. The molecule has 6 heteroatoms. The molecule has 0 unspecified atom stereocenters. The summed E-state index contributed by atoms with van der Waals surface area (Å²) < 4.78 is 5.61. The quantitative estimate of drug-likeness (QED) is 0.714. The second-order valence-electron chi connectivity index (χ2n) is 5.17. The molecule has 3 heterocycles. The fourth-order valence-corrected chi connectivity index (χ4v) is 3.38. The topological polar surface area (TPSA) is 83.9 Å². The zero-order chi connectivity index (χ0) is 12.9. The summed E-state index contributed by atoms with van der Waals surface area (Å²) in [5, 5.41) is 8.57. The van der Waals surface area contributed by atoms with Crippen LogP contribution in [0.3, 0.4) is 0 Å². The molecular weight excluding hydrogens is 238 g/mol. The van der Waals surface area contributed by atoms with Crippen molar-refractivity contribution >= 4 is 17.8 Å². The highest BCUT2D eigenvalue weighted by atomic mass is 16.5. The Morgan fingerprint density at radius 3 is 2.28 bits per heavy atom. The number of fused-ring (bicyclic) bond motifs is 5. The van der Waals surface area contributed by atoms with E-state index in [-0.39, 0.29) is 48.8 Å². The maximum atomic E-state index is 12.1. The molecule has 0 aromatic carbocycles. The number of imide groups is 1. The van der Waals surface area contributed by atoms with Gasteiger partial charge in [-0.05, 0) is 19.3 Å². The first-order valence-corrected chi connectivity index (χ1v) is 6.32. The molecule has 6 nitrogen and oxygen atoms in total. The monoisotopic (exact) mass is 253 g/mol. The highest BCUT2D eigenvalue weighted by Gasteiger charge is 2.62. The van der Waals surface area contributed by atoms with Crippen LogP contribution >= 0.6 is 0 Å². The Bertz CT molecular complexity index is 393. The molecule has 2 amide bonds. The Morgan fingerprint density at radius 1 is 1.22 bits per heavy atom. The fourth-order valence-electron chi connectivity index (χ4n) is 3.38. The van der Waals surface area contributed by atoms with E-state index in [1.54, 1.807) is 0 Å². The van der Waals surface area contributed by atoms with Crippen LogP contribution < -0.4 is 0 Å². The number of carboxylic acids is 1. The largest absolute Gasteiger partial charge is 0.481 e. The first kappa shape index (κ1) is 11.6. The van der Waals surface area contributed by atoms with Crippen molar-refractivity contribution in [3.05, 3.63) is 0 Å². The number of ether oxygens (including phenoxy) is 1. The summed E-state index contributed by atoms with van der Waals surface area (Å²) in [6.07, 6.45) is 1.82. The van der Waals surface area contributed by atoms with E-state index < -0.39 is 5.97 Å². The molecule has 3 rings (SSSR count). The van der Waals surface area contributed by atoms with Gasteiger partial charge in [-0.1, -0.05) is 0 Å². The molecule has 3 saturated heterocycles. The molecule has 0 spiro atoms. The van der Waals surface area contributed by atoms with Crippen LogP contribution in [0.5, 0.6) is 0 Å². The molecule has 0 aromatic heterocycles. The van der Waals surface area contributed by atoms with E-state index >= 15 is 0 Å². The number of hydrogen-bond donors (Lipinski definition) is 1. The van der Waals surface area contributed by atoms with Gasteiger partial charge in [0.25, 0.3) is 0 Å². The number of likely N-dealkylation sites (tertiary alicyclic amines) is 1. The predicted octanol–water partition coefficient (Wildman–Crippen LogP) is 0.0136.